The van der Waals surface area contributed by atoms with Crippen molar-refractivity contribution in [3.63, 3.8) is 0 Å². The number of carbonyl (C=O) groups excluding carboxylic acids is 3. The van der Waals surface area contributed by atoms with E-state index >= 15 is 0 Å². The highest BCUT2D eigenvalue weighted by Gasteiger charge is 2.72. The van der Waals surface area contributed by atoms with Gasteiger partial charge in [-0.2, -0.15) is 13.2 Å². The van der Waals surface area contributed by atoms with E-state index in [2.05, 4.69) is 4.90 Å². The van der Waals surface area contributed by atoms with Crippen molar-refractivity contribution in [1.82, 2.24) is 4.90 Å². The fraction of sp³-hybridized carbons (Fsp3) is 0.556. The van der Waals surface area contributed by atoms with Gasteiger partial charge in [-0.1, -0.05) is 6.07 Å². The number of carbonyl (C=O) groups is 4. The number of likely N-dealkylation sites (N-methyl/N-ethyl adjacent to an activating group) is 1. The Balaban J connectivity index is 0.000000517. The summed E-state index contributed by atoms with van der Waals surface area (Å²) >= 11 is 0. The highest BCUT2D eigenvalue weighted by Crippen LogP contribution is 2.65. The van der Waals surface area contributed by atoms with Gasteiger partial charge >= 0.3 is 30.1 Å². The lowest BCUT2D eigenvalue weighted by atomic mass is 9.50. The average Bonchev–Trinajstić information content (AvgIpc) is 3.24. The van der Waals surface area contributed by atoms with Gasteiger partial charge < -0.3 is 39.2 Å². The van der Waals surface area contributed by atoms with Crippen LogP contribution in [0.3, 0.4) is 0 Å². The molecule has 2 bridgehead atoms. The molecule has 1 aromatic rings. The molecular formula is C27H30F3NO11. The van der Waals surface area contributed by atoms with Crippen molar-refractivity contribution in [1.29, 1.82) is 0 Å². The number of ether oxygens (including phenoxy) is 4. The number of likely N-dealkylation sites (tertiary alicyclic amines) is 1. The smallest absolute Gasteiger partial charge is 0.490 e. The summed E-state index contributed by atoms with van der Waals surface area (Å²) in [7, 11) is 1.98. The minimum absolute atomic E-state index is 0.0281. The number of alkyl halides is 3. The fourth-order valence-corrected chi connectivity index (χ4v) is 6.25. The van der Waals surface area contributed by atoms with E-state index in [1.807, 2.05) is 13.1 Å². The third-order valence-electron chi connectivity index (χ3n) is 8.11. The van der Waals surface area contributed by atoms with Crippen LogP contribution in [0, 0.1) is 0 Å². The highest BCUT2D eigenvalue weighted by molar-refractivity contribution is 5.83. The summed E-state index contributed by atoms with van der Waals surface area (Å²) < 4.78 is 53.5. The van der Waals surface area contributed by atoms with E-state index < -0.39 is 59.4 Å². The minimum atomic E-state index is -5.08. The summed E-state index contributed by atoms with van der Waals surface area (Å²) in [4.78, 5) is 47.1. The van der Waals surface area contributed by atoms with Gasteiger partial charge in [0.1, 0.15) is 5.76 Å². The molecule has 12 nitrogen and oxygen atoms in total. The Morgan fingerprint density at radius 1 is 1.12 bits per heavy atom. The number of hydrogen-bond donors (Lipinski definition) is 3. The molecule has 230 valence electrons. The van der Waals surface area contributed by atoms with Crippen molar-refractivity contribution in [3.8, 4) is 11.5 Å². The Morgan fingerprint density at radius 3 is 2.33 bits per heavy atom. The first-order valence-electron chi connectivity index (χ1n) is 13.0. The van der Waals surface area contributed by atoms with Crippen LogP contribution in [0.5, 0.6) is 11.5 Å². The lowest BCUT2D eigenvalue weighted by molar-refractivity contribution is -0.192. The van der Waals surface area contributed by atoms with Crippen LogP contribution in [0.4, 0.5) is 13.2 Å². The number of nitrogens with zero attached hydrogens (tertiary/aromatic N) is 1. The first-order chi connectivity index (χ1) is 19.4. The van der Waals surface area contributed by atoms with Crippen molar-refractivity contribution in [2.24, 2.45) is 0 Å². The number of aliphatic hydroxyl groups is 1. The molecule has 3 N–H and O–H groups in total. The second kappa shape index (κ2) is 10.8. The minimum Gasteiger partial charge on any atom is -0.504 e. The van der Waals surface area contributed by atoms with Crippen LogP contribution in [0.2, 0.25) is 0 Å². The summed E-state index contributed by atoms with van der Waals surface area (Å²) in [5, 5.41) is 29.8. The monoisotopic (exact) mass is 601 g/mol. The molecule has 6 atom stereocenters. The number of benzene rings is 1. The Morgan fingerprint density at radius 2 is 1.74 bits per heavy atom. The molecule has 5 rings (SSSR count). The van der Waals surface area contributed by atoms with E-state index in [1.54, 1.807) is 12.1 Å². The zero-order valence-electron chi connectivity index (χ0n) is 23.1. The van der Waals surface area contributed by atoms with Gasteiger partial charge in [-0.3, -0.25) is 4.79 Å². The second-order valence-corrected chi connectivity index (χ2v) is 10.7. The van der Waals surface area contributed by atoms with Crippen molar-refractivity contribution in [2.45, 2.75) is 81.6 Å². The maximum absolute atomic E-state index is 12.9. The first-order valence-corrected chi connectivity index (χ1v) is 13.0. The number of halogens is 3. The van der Waals surface area contributed by atoms with Gasteiger partial charge in [0, 0.05) is 24.9 Å². The molecule has 0 saturated carbocycles. The van der Waals surface area contributed by atoms with E-state index in [0.717, 1.165) is 11.1 Å². The molecule has 0 aromatic heterocycles. The van der Waals surface area contributed by atoms with Gasteiger partial charge in [0.25, 0.3) is 0 Å². The largest absolute Gasteiger partial charge is 0.504 e. The molecule has 2 unspecified atom stereocenters. The summed E-state index contributed by atoms with van der Waals surface area (Å²) in [6.45, 7) is 4.57. The lowest BCUT2D eigenvalue weighted by Crippen LogP contribution is -2.74. The summed E-state index contributed by atoms with van der Waals surface area (Å²) in [6.07, 6.45) is -5.31. The number of rotatable bonds is 5. The number of phenols is 1. The molecule has 2 aliphatic carbocycles. The molecule has 2 aliphatic heterocycles. The van der Waals surface area contributed by atoms with Crippen LogP contribution >= 0.6 is 0 Å². The lowest BCUT2D eigenvalue weighted by Gasteiger charge is -2.61. The maximum Gasteiger partial charge on any atom is 0.490 e. The molecule has 1 aromatic carbocycles. The van der Waals surface area contributed by atoms with Gasteiger partial charge in [0.15, 0.2) is 29.8 Å². The Hall–Kier alpha value is -3.85. The molecule has 1 saturated heterocycles. The third kappa shape index (κ3) is 5.04. The normalized spacial score (nSPS) is 28.4. The van der Waals surface area contributed by atoms with E-state index in [4.69, 9.17) is 28.8 Å². The number of aliphatic carboxylic acids is 1. The van der Waals surface area contributed by atoms with E-state index in [9.17, 15) is 37.8 Å². The van der Waals surface area contributed by atoms with Crippen molar-refractivity contribution in [2.75, 3.05) is 13.6 Å². The number of phenolic OH excluding ortho intramolecular Hbond substituents is 1. The first kappa shape index (κ1) is 31.1. The van der Waals surface area contributed by atoms with Crippen LogP contribution < -0.4 is 4.74 Å². The third-order valence-corrected chi connectivity index (χ3v) is 8.11. The number of hydrogen-bond acceptors (Lipinski definition) is 11. The Bertz CT molecular complexity index is 1350. The fourth-order valence-electron chi connectivity index (χ4n) is 6.25. The van der Waals surface area contributed by atoms with Crippen LogP contribution in [0.25, 0.3) is 0 Å². The molecular weight excluding hydrogens is 571 g/mol. The molecule has 2 heterocycles. The number of piperidine rings is 1. The second-order valence-electron chi connectivity index (χ2n) is 10.7. The molecule has 0 radical (unpaired) electrons. The van der Waals surface area contributed by atoms with Gasteiger partial charge in [-0.25, -0.2) is 14.4 Å². The Kier molecular flexibility index (Phi) is 7.97. The van der Waals surface area contributed by atoms with Gasteiger partial charge in [0.2, 0.25) is 0 Å². The van der Waals surface area contributed by atoms with E-state index in [0.29, 0.717) is 25.1 Å². The molecule has 15 heteroatoms. The van der Waals surface area contributed by atoms with E-state index in [1.165, 1.54) is 20.8 Å². The predicted octanol–water partition coefficient (Wildman–Crippen LogP) is 1.73. The summed E-state index contributed by atoms with van der Waals surface area (Å²) in [6, 6.07) is 3.29. The number of aromatic hydroxyl groups is 1. The SMILES string of the molecule is CC(=O)OC(C)C(=O)OC(C)C(=O)OC1=CC[C@@]2(O)[C@H]3Cc4ccc(O)c5c4[C@@]2(CCN3C)[C@H]1O5.O=C(O)C(F)(F)F. The van der Waals surface area contributed by atoms with Crippen molar-refractivity contribution >= 4 is 23.9 Å². The maximum atomic E-state index is 12.9. The van der Waals surface area contributed by atoms with Gasteiger partial charge in [-0.15, -0.1) is 0 Å². The number of carboxylic acid groups (broad SMARTS) is 1. The molecule has 4 aliphatic rings. The van der Waals surface area contributed by atoms with Crippen LogP contribution in [0.15, 0.2) is 24.0 Å². The summed E-state index contributed by atoms with van der Waals surface area (Å²) in [5.41, 5.74) is -0.286. The van der Waals surface area contributed by atoms with Crippen molar-refractivity contribution in [3.05, 3.63) is 35.1 Å². The quantitative estimate of drug-likeness (QED) is 0.331. The predicted molar refractivity (Wildman–Crippen MR) is 133 cm³/mol. The van der Waals surface area contributed by atoms with Gasteiger partial charge in [0.05, 0.1) is 11.0 Å². The average molecular weight is 602 g/mol. The Labute approximate surface area is 237 Å². The standard InChI is InChI=1S/C25H29NO9.C2HF3O2/c1-12(32-14(3)27)22(29)33-13(2)23(30)34-17-7-8-25(31)18-11-15-5-6-16(28)20-19(15)24(25,21(17)35-20)9-10-26(18)4;3-2(4,5)1(6)7/h5-7,12-13,18,21,28,31H,8-11H2,1-4H3;(H,6,7)/t12?,13?,18-,21+,24+,25-;/m1./s1. The zero-order chi connectivity index (χ0) is 31.4. The van der Waals surface area contributed by atoms with Crippen LogP contribution in [0.1, 0.15) is 44.7 Å². The zero-order valence-corrected chi connectivity index (χ0v) is 23.1. The topological polar surface area (TPSA) is 169 Å². The molecule has 42 heavy (non-hydrogen) atoms. The highest BCUT2D eigenvalue weighted by atomic mass is 19.4. The number of esters is 3. The van der Waals surface area contributed by atoms with Gasteiger partial charge in [-0.05, 0) is 58.0 Å². The van der Waals surface area contributed by atoms with Crippen LogP contribution in [-0.2, 0) is 45.2 Å². The van der Waals surface area contributed by atoms with Crippen LogP contribution in [-0.4, -0.2) is 93.8 Å². The molecule has 1 spiro atoms. The number of carboxylic acids is 1. The summed E-state index contributed by atoms with van der Waals surface area (Å²) in [5.74, 6) is -4.61. The van der Waals surface area contributed by atoms with E-state index in [-0.39, 0.29) is 24.0 Å². The van der Waals surface area contributed by atoms with Crippen molar-refractivity contribution < 1.29 is 66.6 Å². The molecule has 0 amide bonds. The molecule has 1 fully saturated rings.